The fraction of sp³-hybridized carbons (Fsp3) is 0.667. The van der Waals surface area contributed by atoms with Crippen molar-refractivity contribution in [2.45, 2.75) is 39.3 Å². The van der Waals surface area contributed by atoms with E-state index in [2.05, 4.69) is 43.6 Å². The molecular weight excluding hydrogens is 206 g/mol. The third-order valence-electron chi connectivity index (χ3n) is 2.15. The maximum Gasteiger partial charge on any atom is 0.0626 e. The summed E-state index contributed by atoms with van der Waals surface area (Å²) >= 11 is 1.82. The Kier molecular flexibility index (Phi) is 5.91. The first-order valence-electron chi connectivity index (χ1n) is 5.59. The van der Waals surface area contributed by atoms with Gasteiger partial charge in [0.05, 0.1) is 12.7 Å². The molecule has 1 rings (SSSR count). The van der Waals surface area contributed by atoms with E-state index >= 15 is 0 Å². The van der Waals surface area contributed by atoms with E-state index in [1.165, 1.54) is 4.88 Å². The van der Waals surface area contributed by atoms with E-state index in [9.17, 15) is 0 Å². The van der Waals surface area contributed by atoms with E-state index < -0.39 is 0 Å². The summed E-state index contributed by atoms with van der Waals surface area (Å²) in [6.07, 6.45) is 1.38. The largest absolute Gasteiger partial charge is 0.377 e. The van der Waals surface area contributed by atoms with E-state index in [0.717, 1.165) is 19.6 Å². The SMILES string of the molecule is CCNC(COC(C)C)Cc1cccs1. The summed E-state index contributed by atoms with van der Waals surface area (Å²) in [7, 11) is 0. The minimum Gasteiger partial charge on any atom is -0.377 e. The van der Waals surface area contributed by atoms with E-state index in [1.807, 2.05) is 11.3 Å². The van der Waals surface area contributed by atoms with Crippen LogP contribution < -0.4 is 5.32 Å². The first kappa shape index (κ1) is 12.7. The van der Waals surface area contributed by atoms with Gasteiger partial charge in [-0.25, -0.2) is 0 Å². The van der Waals surface area contributed by atoms with Crippen LogP contribution in [0.15, 0.2) is 17.5 Å². The summed E-state index contributed by atoms with van der Waals surface area (Å²) in [4.78, 5) is 1.42. The standard InChI is InChI=1S/C12H21NOS/c1-4-13-11(9-14-10(2)3)8-12-6-5-7-15-12/h5-7,10-11,13H,4,8-9H2,1-3H3. The Hall–Kier alpha value is -0.380. The molecule has 0 aliphatic carbocycles. The Morgan fingerprint density at radius 3 is 2.80 bits per heavy atom. The van der Waals surface area contributed by atoms with Gasteiger partial charge in [-0.3, -0.25) is 0 Å². The zero-order chi connectivity index (χ0) is 11.1. The molecule has 86 valence electrons. The van der Waals surface area contributed by atoms with Crippen molar-refractivity contribution in [2.75, 3.05) is 13.2 Å². The molecule has 1 aromatic heterocycles. The van der Waals surface area contributed by atoms with Gasteiger partial charge in [-0.1, -0.05) is 13.0 Å². The lowest BCUT2D eigenvalue weighted by Gasteiger charge is -2.18. The summed E-state index contributed by atoms with van der Waals surface area (Å²) in [5.74, 6) is 0. The minimum absolute atomic E-state index is 0.314. The van der Waals surface area contributed by atoms with Crippen molar-refractivity contribution in [3.8, 4) is 0 Å². The molecule has 0 aliphatic heterocycles. The number of likely N-dealkylation sites (N-methyl/N-ethyl adjacent to an activating group) is 1. The van der Waals surface area contributed by atoms with Crippen LogP contribution in [0.25, 0.3) is 0 Å². The number of rotatable bonds is 7. The highest BCUT2D eigenvalue weighted by Crippen LogP contribution is 2.11. The van der Waals surface area contributed by atoms with Crippen LogP contribution in [0.3, 0.4) is 0 Å². The first-order chi connectivity index (χ1) is 7.22. The molecule has 0 bridgehead atoms. The maximum atomic E-state index is 5.65. The van der Waals surface area contributed by atoms with Crippen LogP contribution >= 0.6 is 11.3 Å². The van der Waals surface area contributed by atoms with Crippen LogP contribution in [0.2, 0.25) is 0 Å². The second kappa shape index (κ2) is 6.99. The monoisotopic (exact) mass is 227 g/mol. The number of nitrogens with one attached hydrogen (secondary N) is 1. The molecule has 1 atom stereocenters. The van der Waals surface area contributed by atoms with E-state index in [-0.39, 0.29) is 0 Å². The molecule has 1 heterocycles. The van der Waals surface area contributed by atoms with Gasteiger partial charge in [-0.2, -0.15) is 0 Å². The van der Waals surface area contributed by atoms with Crippen LogP contribution in [0.1, 0.15) is 25.6 Å². The normalized spacial score (nSPS) is 13.3. The molecule has 0 radical (unpaired) electrons. The lowest BCUT2D eigenvalue weighted by atomic mass is 10.2. The van der Waals surface area contributed by atoms with Gasteiger partial charge >= 0.3 is 0 Å². The predicted octanol–water partition coefficient (Wildman–Crippen LogP) is 2.69. The molecule has 0 aliphatic rings. The predicted molar refractivity (Wildman–Crippen MR) is 66.6 cm³/mol. The van der Waals surface area contributed by atoms with Gasteiger partial charge in [0.2, 0.25) is 0 Å². The van der Waals surface area contributed by atoms with E-state index in [1.54, 1.807) is 0 Å². The molecule has 15 heavy (non-hydrogen) atoms. The molecule has 0 saturated heterocycles. The average molecular weight is 227 g/mol. The number of hydrogen-bond acceptors (Lipinski definition) is 3. The van der Waals surface area contributed by atoms with Gasteiger partial charge in [0.15, 0.2) is 0 Å². The van der Waals surface area contributed by atoms with Crippen molar-refractivity contribution < 1.29 is 4.74 Å². The van der Waals surface area contributed by atoms with Crippen molar-refractivity contribution >= 4 is 11.3 Å². The summed E-state index contributed by atoms with van der Waals surface area (Å²) in [5, 5.41) is 5.58. The molecule has 1 aromatic rings. The van der Waals surface area contributed by atoms with Crippen molar-refractivity contribution in [2.24, 2.45) is 0 Å². The van der Waals surface area contributed by atoms with Crippen molar-refractivity contribution in [1.82, 2.24) is 5.32 Å². The summed E-state index contributed by atoms with van der Waals surface area (Å²) in [6, 6.07) is 4.73. The molecule has 1 unspecified atom stereocenters. The topological polar surface area (TPSA) is 21.3 Å². The van der Waals surface area contributed by atoms with Gasteiger partial charge in [0, 0.05) is 10.9 Å². The van der Waals surface area contributed by atoms with Crippen LogP contribution in [0.4, 0.5) is 0 Å². The van der Waals surface area contributed by atoms with E-state index in [4.69, 9.17) is 4.74 Å². The molecule has 0 fully saturated rings. The van der Waals surface area contributed by atoms with Gasteiger partial charge in [0.25, 0.3) is 0 Å². The highest BCUT2D eigenvalue weighted by atomic mass is 32.1. The van der Waals surface area contributed by atoms with Crippen LogP contribution in [0.5, 0.6) is 0 Å². The fourth-order valence-electron chi connectivity index (χ4n) is 1.46. The second-order valence-electron chi connectivity index (χ2n) is 3.92. The average Bonchev–Trinajstić information content (AvgIpc) is 2.67. The Balaban J connectivity index is 2.36. The summed E-state index contributed by atoms with van der Waals surface area (Å²) in [6.45, 7) is 8.08. The van der Waals surface area contributed by atoms with Crippen molar-refractivity contribution in [3.05, 3.63) is 22.4 Å². The van der Waals surface area contributed by atoms with Gasteiger partial charge in [-0.05, 0) is 38.3 Å². The zero-order valence-electron chi connectivity index (χ0n) is 9.82. The lowest BCUT2D eigenvalue weighted by molar-refractivity contribution is 0.0617. The Bertz CT molecular complexity index is 246. The molecule has 0 aromatic carbocycles. The Morgan fingerprint density at radius 2 is 2.27 bits per heavy atom. The lowest BCUT2D eigenvalue weighted by Crippen LogP contribution is -2.35. The molecule has 0 saturated carbocycles. The Labute approximate surface area is 96.7 Å². The minimum atomic E-state index is 0.314. The maximum absolute atomic E-state index is 5.65. The molecule has 0 amide bonds. The van der Waals surface area contributed by atoms with Crippen molar-refractivity contribution in [3.63, 3.8) is 0 Å². The van der Waals surface area contributed by atoms with Gasteiger partial charge < -0.3 is 10.1 Å². The number of hydrogen-bond donors (Lipinski definition) is 1. The molecule has 2 nitrogen and oxygen atoms in total. The first-order valence-corrected chi connectivity index (χ1v) is 6.47. The van der Waals surface area contributed by atoms with Crippen LogP contribution in [-0.4, -0.2) is 25.3 Å². The highest BCUT2D eigenvalue weighted by molar-refractivity contribution is 7.09. The zero-order valence-corrected chi connectivity index (χ0v) is 10.6. The Morgan fingerprint density at radius 1 is 1.47 bits per heavy atom. The fourth-order valence-corrected chi connectivity index (χ4v) is 2.25. The number of thiophene rings is 1. The second-order valence-corrected chi connectivity index (χ2v) is 4.95. The van der Waals surface area contributed by atoms with Crippen LogP contribution in [-0.2, 0) is 11.2 Å². The molecule has 1 N–H and O–H groups in total. The summed E-state index contributed by atoms with van der Waals surface area (Å²) in [5.41, 5.74) is 0. The molecule has 3 heteroatoms. The quantitative estimate of drug-likeness (QED) is 0.773. The van der Waals surface area contributed by atoms with Gasteiger partial charge in [0.1, 0.15) is 0 Å². The molecule has 0 spiro atoms. The van der Waals surface area contributed by atoms with Crippen LogP contribution in [0, 0.1) is 0 Å². The highest BCUT2D eigenvalue weighted by Gasteiger charge is 2.09. The third kappa shape index (κ3) is 5.30. The van der Waals surface area contributed by atoms with Crippen molar-refractivity contribution in [1.29, 1.82) is 0 Å². The van der Waals surface area contributed by atoms with Gasteiger partial charge in [-0.15, -0.1) is 11.3 Å². The smallest absolute Gasteiger partial charge is 0.0626 e. The third-order valence-corrected chi connectivity index (χ3v) is 3.05. The van der Waals surface area contributed by atoms with E-state index in [0.29, 0.717) is 12.1 Å². The summed E-state index contributed by atoms with van der Waals surface area (Å²) < 4.78 is 5.65. The molecular formula is C12H21NOS. The number of ether oxygens (including phenoxy) is 1.